The SMILES string of the molecule is Nc1ccc(-c2nn[nH]n2)c(F)c1. The smallest absolute Gasteiger partial charge is 0.207 e. The van der Waals surface area contributed by atoms with Crippen LogP contribution in [0.2, 0.25) is 0 Å². The minimum Gasteiger partial charge on any atom is -0.399 e. The number of hydrogen-bond donors (Lipinski definition) is 2. The number of nitrogens with zero attached hydrogens (tertiary/aromatic N) is 3. The molecule has 5 nitrogen and oxygen atoms in total. The van der Waals surface area contributed by atoms with Crippen LogP contribution in [0.5, 0.6) is 0 Å². The molecule has 13 heavy (non-hydrogen) atoms. The first-order valence-electron chi connectivity index (χ1n) is 3.56. The summed E-state index contributed by atoms with van der Waals surface area (Å²) in [6.45, 7) is 0. The highest BCUT2D eigenvalue weighted by Crippen LogP contribution is 2.19. The minimum absolute atomic E-state index is 0.220. The van der Waals surface area contributed by atoms with Gasteiger partial charge < -0.3 is 5.73 Å². The van der Waals surface area contributed by atoms with E-state index in [-0.39, 0.29) is 11.4 Å². The van der Waals surface area contributed by atoms with Crippen molar-refractivity contribution in [1.29, 1.82) is 0 Å². The predicted molar refractivity (Wildman–Crippen MR) is 44.0 cm³/mol. The normalized spacial score (nSPS) is 10.2. The van der Waals surface area contributed by atoms with Gasteiger partial charge in [-0.05, 0) is 23.4 Å². The first kappa shape index (κ1) is 7.66. The van der Waals surface area contributed by atoms with E-state index >= 15 is 0 Å². The number of nitrogen functional groups attached to an aromatic ring is 1. The van der Waals surface area contributed by atoms with Crippen molar-refractivity contribution in [3.05, 3.63) is 24.0 Å². The number of anilines is 1. The van der Waals surface area contributed by atoms with Crippen LogP contribution in [0.1, 0.15) is 0 Å². The maximum Gasteiger partial charge on any atom is 0.207 e. The lowest BCUT2D eigenvalue weighted by Gasteiger charge is -1.97. The van der Waals surface area contributed by atoms with Crippen molar-refractivity contribution in [1.82, 2.24) is 20.6 Å². The summed E-state index contributed by atoms with van der Waals surface area (Å²) in [4.78, 5) is 0. The summed E-state index contributed by atoms with van der Waals surface area (Å²) >= 11 is 0. The molecule has 2 aromatic rings. The molecule has 0 aliphatic heterocycles. The first-order valence-corrected chi connectivity index (χ1v) is 3.56. The van der Waals surface area contributed by atoms with E-state index < -0.39 is 5.82 Å². The number of halogens is 1. The molecule has 66 valence electrons. The van der Waals surface area contributed by atoms with E-state index in [0.717, 1.165) is 0 Å². The molecular formula is C7H6FN5. The fraction of sp³-hybridized carbons (Fsp3) is 0. The Kier molecular flexibility index (Phi) is 1.66. The Morgan fingerprint density at radius 1 is 1.38 bits per heavy atom. The molecule has 0 amide bonds. The first-order chi connectivity index (χ1) is 6.27. The molecule has 2 rings (SSSR count). The van der Waals surface area contributed by atoms with Crippen LogP contribution in [0, 0.1) is 5.82 Å². The molecule has 0 aliphatic carbocycles. The van der Waals surface area contributed by atoms with Gasteiger partial charge in [0.1, 0.15) is 5.82 Å². The van der Waals surface area contributed by atoms with Crippen LogP contribution in [0.15, 0.2) is 18.2 Å². The van der Waals surface area contributed by atoms with E-state index in [1.165, 1.54) is 12.1 Å². The third-order valence-electron chi connectivity index (χ3n) is 1.58. The maximum atomic E-state index is 13.2. The predicted octanol–water partition coefficient (Wildman–Crippen LogP) is 0.588. The number of nitrogens with two attached hydrogens (primary N) is 1. The zero-order valence-electron chi connectivity index (χ0n) is 6.53. The average molecular weight is 179 g/mol. The van der Waals surface area contributed by atoms with Crippen molar-refractivity contribution in [2.75, 3.05) is 5.73 Å². The molecule has 1 heterocycles. The Morgan fingerprint density at radius 3 is 2.85 bits per heavy atom. The molecule has 0 aliphatic rings. The van der Waals surface area contributed by atoms with Crippen molar-refractivity contribution in [2.45, 2.75) is 0 Å². The lowest BCUT2D eigenvalue weighted by Crippen LogP contribution is -1.90. The zero-order chi connectivity index (χ0) is 9.26. The number of H-pyrrole nitrogens is 1. The highest BCUT2D eigenvalue weighted by atomic mass is 19.1. The summed E-state index contributed by atoms with van der Waals surface area (Å²) in [5.41, 5.74) is 6.02. The number of benzene rings is 1. The van der Waals surface area contributed by atoms with Gasteiger partial charge in [-0.3, -0.25) is 0 Å². The molecule has 0 radical (unpaired) electrons. The molecule has 0 saturated heterocycles. The van der Waals surface area contributed by atoms with Gasteiger partial charge in [0.25, 0.3) is 0 Å². The van der Waals surface area contributed by atoms with Gasteiger partial charge >= 0.3 is 0 Å². The van der Waals surface area contributed by atoms with Gasteiger partial charge in [-0.25, -0.2) is 4.39 Å². The van der Waals surface area contributed by atoms with Crippen LogP contribution in [0.3, 0.4) is 0 Å². The summed E-state index contributed by atoms with van der Waals surface area (Å²) in [6.07, 6.45) is 0. The number of rotatable bonds is 1. The molecular weight excluding hydrogens is 173 g/mol. The molecule has 0 saturated carbocycles. The molecule has 6 heteroatoms. The maximum absolute atomic E-state index is 13.2. The molecule has 3 N–H and O–H groups in total. The van der Waals surface area contributed by atoms with Gasteiger partial charge in [0.05, 0.1) is 5.56 Å². The van der Waals surface area contributed by atoms with E-state index in [4.69, 9.17) is 5.73 Å². The Morgan fingerprint density at radius 2 is 2.23 bits per heavy atom. The number of hydrogen-bond acceptors (Lipinski definition) is 4. The van der Waals surface area contributed by atoms with Crippen LogP contribution in [0.25, 0.3) is 11.4 Å². The van der Waals surface area contributed by atoms with Crippen molar-refractivity contribution < 1.29 is 4.39 Å². The van der Waals surface area contributed by atoms with Crippen molar-refractivity contribution in [3.8, 4) is 11.4 Å². The van der Waals surface area contributed by atoms with Crippen LogP contribution >= 0.6 is 0 Å². The van der Waals surface area contributed by atoms with Crippen molar-refractivity contribution in [2.24, 2.45) is 0 Å². The second kappa shape index (κ2) is 2.81. The van der Waals surface area contributed by atoms with Gasteiger partial charge in [0.15, 0.2) is 0 Å². The van der Waals surface area contributed by atoms with E-state index in [9.17, 15) is 4.39 Å². The lowest BCUT2D eigenvalue weighted by molar-refractivity contribution is 0.630. The molecule has 0 fully saturated rings. The van der Waals surface area contributed by atoms with E-state index in [0.29, 0.717) is 5.69 Å². The molecule has 0 bridgehead atoms. The van der Waals surface area contributed by atoms with Crippen LogP contribution < -0.4 is 5.73 Å². The Balaban J connectivity index is 2.53. The second-order valence-electron chi connectivity index (χ2n) is 2.47. The van der Waals surface area contributed by atoms with E-state index in [2.05, 4.69) is 20.6 Å². The van der Waals surface area contributed by atoms with Gasteiger partial charge in [-0.1, -0.05) is 0 Å². The largest absolute Gasteiger partial charge is 0.399 e. The number of aromatic nitrogens is 4. The highest BCUT2D eigenvalue weighted by Gasteiger charge is 2.08. The van der Waals surface area contributed by atoms with Gasteiger partial charge in [0.2, 0.25) is 5.82 Å². The average Bonchev–Trinajstić information content (AvgIpc) is 2.56. The highest BCUT2D eigenvalue weighted by molar-refractivity contribution is 5.58. The Bertz CT molecular complexity index is 411. The minimum atomic E-state index is -0.457. The monoisotopic (exact) mass is 179 g/mol. The van der Waals surface area contributed by atoms with Crippen molar-refractivity contribution in [3.63, 3.8) is 0 Å². The summed E-state index contributed by atoms with van der Waals surface area (Å²) in [5, 5.41) is 12.9. The molecule has 1 aromatic heterocycles. The number of tetrazole rings is 1. The topological polar surface area (TPSA) is 80.5 Å². The van der Waals surface area contributed by atoms with Gasteiger partial charge in [-0.2, -0.15) is 5.21 Å². The summed E-state index contributed by atoms with van der Waals surface area (Å²) < 4.78 is 13.2. The van der Waals surface area contributed by atoms with Crippen LogP contribution in [-0.2, 0) is 0 Å². The van der Waals surface area contributed by atoms with Gasteiger partial charge in [0, 0.05) is 5.69 Å². The fourth-order valence-electron chi connectivity index (χ4n) is 0.989. The Labute approximate surface area is 72.8 Å². The summed E-state index contributed by atoms with van der Waals surface area (Å²) in [6, 6.07) is 4.30. The van der Waals surface area contributed by atoms with Crippen molar-refractivity contribution >= 4 is 5.69 Å². The van der Waals surface area contributed by atoms with E-state index in [1.807, 2.05) is 0 Å². The molecule has 0 spiro atoms. The number of nitrogens with one attached hydrogen (secondary N) is 1. The molecule has 1 aromatic carbocycles. The quantitative estimate of drug-likeness (QED) is 0.628. The standard InChI is InChI=1S/C7H6FN5/c8-6-3-4(9)1-2-5(6)7-10-12-13-11-7/h1-3H,9H2,(H,10,11,12,13). The molecule has 0 unspecified atom stereocenters. The number of aromatic amines is 1. The Hall–Kier alpha value is -1.98. The fourth-order valence-corrected chi connectivity index (χ4v) is 0.989. The third-order valence-corrected chi connectivity index (χ3v) is 1.58. The van der Waals surface area contributed by atoms with E-state index in [1.54, 1.807) is 6.07 Å². The zero-order valence-corrected chi connectivity index (χ0v) is 6.53. The summed E-state index contributed by atoms with van der Waals surface area (Å²) in [5.74, 6) is -0.237. The van der Waals surface area contributed by atoms with Crippen LogP contribution in [-0.4, -0.2) is 20.6 Å². The van der Waals surface area contributed by atoms with Gasteiger partial charge in [-0.15, -0.1) is 10.2 Å². The molecule has 0 atom stereocenters. The van der Waals surface area contributed by atoms with Crippen LogP contribution in [0.4, 0.5) is 10.1 Å². The third kappa shape index (κ3) is 1.33. The second-order valence-corrected chi connectivity index (χ2v) is 2.47. The lowest BCUT2D eigenvalue weighted by atomic mass is 10.2. The summed E-state index contributed by atoms with van der Waals surface area (Å²) in [7, 11) is 0.